The minimum absolute atomic E-state index is 0.225. The Morgan fingerprint density at radius 3 is 2.81 bits per heavy atom. The molecule has 0 radical (unpaired) electrons. The first-order valence-corrected chi connectivity index (χ1v) is 7.71. The smallest absolute Gasteiger partial charge is 0.306 e. The fraction of sp³-hybridized carbons (Fsp3) is 0.588. The summed E-state index contributed by atoms with van der Waals surface area (Å²) in [5.74, 6) is 0.347. The zero-order valence-electron chi connectivity index (χ0n) is 12.7. The number of hydrogen-bond donors (Lipinski definition) is 1. The summed E-state index contributed by atoms with van der Waals surface area (Å²) in [6.07, 6.45) is 3.34. The van der Waals surface area contributed by atoms with Crippen LogP contribution in [-0.4, -0.2) is 42.2 Å². The van der Waals surface area contributed by atoms with E-state index in [1.165, 1.54) is 17.5 Å². The van der Waals surface area contributed by atoms with Crippen LogP contribution in [0.4, 0.5) is 0 Å². The van der Waals surface area contributed by atoms with Crippen LogP contribution < -0.4 is 4.74 Å². The van der Waals surface area contributed by atoms with Gasteiger partial charge in [0.15, 0.2) is 0 Å². The van der Waals surface area contributed by atoms with Crippen LogP contribution in [0.5, 0.6) is 5.75 Å². The molecule has 0 spiro atoms. The molecular weight excluding hydrogens is 266 g/mol. The average molecular weight is 289 g/mol. The Hall–Kier alpha value is -1.55. The van der Waals surface area contributed by atoms with Crippen LogP contribution in [0.2, 0.25) is 0 Å². The lowest BCUT2D eigenvalue weighted by atomic mass is 9.81. The van der Waals surface area contributed by atoms with Gasteiger partial charge in [0.2, 0.25) is 0 Å². The number of carboxylic acids is 1. The number of carboxylic acid groups (broad SMARTS) is 1. The maximum Gasteiger partial charge on any atom is 0.306 e. The molecule has 0 bridgehead atoms. The third kappa shape index (κ3) is 2.77. The minimum Gasteiger partial charge on any atom is -0.497 e. The van der Waals surface area contributed by atoms with Gasteiger partial charge < -0.3 is 9.84 Å². The lowest BCUT2D eigenvalue weighted by Crippen LogP contribution is -2.56. The summed E-state index contributed by atoms with van der Waals surface area (Å²) < 4.78 is 5.31. The highest BCUT2D eigenvalue weighted by Crippen LogP contribution is 2.33. The van der Waals surface area contributed by atoms with Crippen LogP contribution in [0, 0.1) is 11.8 Å². The molecule has 4 nitrogen and oxygen atoms in total. The van der Waals surface area contributed by atoms with Gasteiger partial charge in [0.25, 0.3) is 0 Å². The molecule has 1 saturated heterocycles. The first-order chi connectivity index (χ1) is 10.1. The van der Waals surface area contributed by atoms with Crippen molar-refractivity contribution in [1.82, 2.24) is 4.90 Å². The van der Waals surface area contributed by atoms with Gasteiger partial charge in [-0.05, 0) is 48.4 Å². The van der Waals surface area contributed by atoms with E-state index < -0.39 is 5.97 Å². The first-order valence-electron chi connectivity index (χ1n) is 7.71. The summed E-state index contributed by atoms with van der Waals surface area (Å²) in [6, 6.07) is 6.92. The average Bonchev–Trinajstić information content (AvgIpc) is 2.44. The summed E-state index contributed by atoms with van der Waals surface area (Å²) in [6.45, 7) is 3.68. The summed E-state index contributed by atoms with van der Waals surface area (Å²) in [5.41, 5.74) is 2.82. The maximum atomic E-state index is 11.0. The highest BCUT2D eigenvalue weighted by Gasteiger charge is 2.38. The molecular formula is C17H23NO3. The molecule has 1 fully saturated rings. The molecule has 3 rings (SSSR count). The maximum absolute atomic E-state index is 11.0. The zero-order valence-corrected chi connectivity index (χ0v) is 12.7. The SMILES string of the molecule is COc1ccc2c(c1)CC(N1CC(C(C)C(=O)O)C1)CC2. The Morgan fingerprint density at radius 1 is 1.38 bits per heavy atom. The van der Waals surface area contributed by atoms with Crippen molar-refractivity contribution in [3.05, 3.63) is 29.3 Å². The van der Waals surface area contributed by atoms with Gasteiger partial charge >= 0.3 is 5.97 Å². The van der Waals surface area contributed by atoms with Crippen molar-refractivity contribution < 1.29 is 14.6 Å². The van der Waals surface area contributed by atoms with Gasteiger partial charge in [-0.3, -0.25) is 9.69 Å². The standard InChI is InChI=1S/C17H23NO3/c1-11(17(19)20)14-9-18(10-14)15-5-3-12-4-6-16(21-2)8-13(12)7-15/h4,6,8,11,14-15H,3,5,7,9-10H2,1-2H3,(H,19,20). The molecule has 0 amide bonds. The molecule has 1 aromatic rings. The molecule has 1 aliphatic heterocycles. The molecule has 21 heavy (non-hydrogen) atoms. The van der Waals surface area contributed by atoms with E-state index in [0.717, 1.165) is 31.7 Å². The minimum atomic E-state index is -0.668. The van der Waals surface area contributed by atoms with E-state index in [2.05, 4.69) is 17.0 Å². The number of fused-ring (bicyclic) bond motifs is 1. The number of carbonyl (C=O) groups is 1. The third-order valence-electron chi connectivity index (χ3n) is 5.17. The quantitative estimate of drug-likeness (QED) is 0.923. The Labute approximate surface area is 125 Å². The van der Waals surface area contributed by atoms with Gasteiger partial charge in [-0.1, -0.05) is 13.0 Å². The molecule has 1 heterocycles. The third-order valence-corrected chi connectivity index (χ3v) is 5.17. The zero-order chi connectivity index (χ0) is 15.0. The number of hydrogen-bond acceptors (Lipinski definition) is 3. The van der Waals surface area contributed by atoms with Crippen molar-refractivity contribution in [3.8, 4) is 5.75 Å². The van der Waals surface area contributed by atoms with Crippen LogP contribution in [0.25, 0.3) is 0 Å². The Kier molecular flexibility index (Phi) is 3.89. The predicted octanol–water partition coefficient (Wildman–Crippen LogP) is 2.21. The van der Waals surface area contributed by atoms with Gasteiger partial charge in [0.05, 0.1) is 13.0 Å². The molecule has 1 aromatic carbocycles. The number of ether oxygens (including phenoxy) is 1. The number of methoxy groups -OCH3 is 1. The second-order valence-corrected chi connectivity index (χ2v) is 6.37. The van der Waals surface area contributed by atoms with E-state index in [1.54, 1.807) is 7.11 Å². The van der Waals surface area contributed by atoms with Crippen molar-refractivity contribution in [2.75, 3.05) is 20.2 Å². The molecule has 0 aromatic heterocycles. The predicted molar refractivity (Wildman–Crippen MR) is 80.7 cm³/mol. The van der Waals surface area contributed by atoms with Crippen molar-refractivity contribution in [3.63, 3.8) is 0 Å². The lowest BCUT2D eigenvalue weighted by Gasteiger charge is -2.47. The monoisotopic (exact) mass is 289 g/mol. The van der Waals surface area contributed by atoms with Crippen molar-refractivity contribution in [2.45, 2.75) is 32.2 Å². The van der Waals surface area contributed by atoms with E-state index in [1.807, 2.05) is 13.0 Å². The van der Waals surface area contributed by atoms with Gasteiger partial charge in [0, 0.05) is 19.1 Å². The van der Waals surface area contributed by atoms with E-state index in [9.17, 15) is 4.79 Å². The van der Waals surface area contributed by atoms with Gasteiger partial charge in [-0.2, -0.15) is 0 Å². The van der Waals surface area contributed by atoms with E-state index in [-0.39, 0.29) is 5.92 Å². The Bertz CT molecular complexity index is 537. The summed E-state index contributed by atoms with van der Waals surface area (Å²) in [7, 11) is 1.70. The topological polar surface area (TPSA) is 49.8 Å². The van der Waals surface area contributed by atoms with Crippen molar-refractivity contribution in [2.24, 2.45) is 11.8 Å². The number of aliphatic carboxylic acids is 1. The molecule has 1 N–H and O–H groups in total. The van der Waals surface area contributed by atoms with Crippen molar-refractivity contribution >= 4 is 5.97 Å². The largest absolute Gasteiger partial charge is 0.497 e. The van der Waals surface area contributed by atoms with E-state index >= 15 is 0 Å². The van der Waals surface area contributed by atoms with Gasteiger partial charge in [-0.15, -0.1) is 0 Å². The number of rotatable bonds is 4. The normalized spacial score (nSPS) is 24.0. The fourth-order valence-electron chi connectivity index (χ4n) is 3.52. The highest BCUT2D eigenvalue weighted by molar-refractivity contribution is 5.70. The first kappa shape index (κ1) is 14.4. The molecule has 2 unspecified atom stereocenters. The Balaban J connectivity index is 1.61. The molecule has 4 heteroatoms. The number of likely N-dealkylation sites (tertiary alicyclic amines) is 1. The van der Waals surface area contributed by atoms with Gasteiger partial charge in [-0.25, -0.2) is 0 Å². The van der Waals surface area contributed by atoms with E-state index in [0.29, 0.717) is 12.0 Å². The number of nitrogens with zero attached hydrogens (tertiary/aromatic N) is 1. The van der Waals surface area contributed by atoms with Gasteiger partial charge in [0.1, 0.15) is 5.75 Å². The fourth-order valence-corrected chi connectivity index (χ4v) is 3.52. The van der Waals surface area contributed by atoms with Crippen LogP contribution in [0.15, 0.2) is 18.2 Å². The lowest BCUT2D eigenvalue weighted by molar-refractivity contribution is -0.146. The second-order valence-electron chi connectivity index (χ2n) is 6.37. The Morgan fingerprint density at radius 2 is 2.14 bits per heavy atom. The number of aryl methyl sites for hydroxylation is 1. The molecule has 0 saturated carbocycles. The van der Waals surface area contributed by atoms with E-state index in [4.69, 9.17) is 9.84 Å². The van der Waals surface area contributed by atoms with Crippen LogP contribution in [0.1, 0.15) is 24.5 Å². The second kappa shape index (κ2) is 5.68. The van der Waals surface area contributed by atoms with Crippen molar-refractivity contribution in [1.29, 1.82) is 0 Å². The summed E-state index contributed by atoms with van der Waals surface area (Å²) in [5, 5.41) is 9.07. The van der Waals surface area contributed by atoms with Crippen LogP contribution in [-0.2, 0) is 17.6 Å². The molecule has 2 aliphatic rings. The molecule has 1 aliphatic carbocycles. The van der Waals surface area contributed by atoms with Crippen LogP contribution in [0.3, 0.4) is 0 Å². The molecule has 2 atom stereocenters. The number of benzene rings is 1. The molecule has 114 valence electrons. The summed E-state index contributed by atoms with van der Waals surface area (Å²) >= 11 is 0. The summed E-state index contributed by atoms with van der Waals surface area (Å²) in [4.78, 5) is 13.5. The van der Waals surface area contributed by atoms with Crippen LogP contribution >= 0.6 is 0 Å². The highest BCUT2D eigenvalue weighted by atomic mass is 16.5.